The zero-order valence-corrected chi connectivity index (χ0v) is 20.8. The molecule has 0 radical (unpaired) electrons. The van der Waals surface area contributed by atoms with Crippen LogP contribution in [0.1, 0.15) is 47.5 Å². The molecular weight excluding hydrogens is 448 g/mol. The topological polar surface area (TPSA) is 101 Å². The van der Waals surface area contributed by atoms with E-state index in [1.807, 2.05) is 27.7 Å². The summed E-state index contributed by atoms with van der Waals surface area (Å²) >= 11 is 1.29. The van der Waals surface area contributed by atoms with Crippen molar-refractivity contribution in [1.82, 2.24) is 14.3 Å². The fourth-order valence-electron chi connectivity index (χ4n) is 3.63. The summed E-state index contributed by atoms with van der Waals surface area (Å²) < 4.78 is 32.9. The first-order valence-electron chi connectivity index (χ1n) is 10.5. The molecule has 0 saturated carbocycles. The Morgan fingerprint density at radius 2 is 1.81 bits per heavy atom. The van der Waals surface area contributed by atoms with Gasteiger partial charge in [-0.1, -0.05) is 13.8 Å². The third-order valence-corrected chi connectivity index (χ3v) is 8.36. The maximum atomic E-state index is 13.2. The largest absolute Gasteiger partial charge is 0.492 e. The normalized spacial score (nSPS) is 11.8. The van der Waals surface area contributed by atoms with Gasteiger partial charge in [0.25, 0.3) is 5.91 Å². The number of sulfonamides is 1. The maximum Gasteiger partial charge on any atom is 0.266 e. The van der Waals surface area contributed by atoms with E-state index in [2.05, 4.69) is 15.3 Å². The molecule has 10 heteroatoms. The number of carbonyl (C=O) groups excluding carboxylic acids is 1. The van der Waals surface area contributed by atoms with E-state index in [1.165, 1.54) is 27.8 Å². The van der Waals surface area contributed by atoms with Gasteiger partial charge in [-0.3, -0.25) is 4.79 Å². The molecule has 0 aliphatic carbocycles. The molecule has 0 aliphatic rings. The molecule has 8 nitrogen and oxygen atoms in total. The predicted octanol–water partition coefficient (Wildman–Crippen LogP) is 4.30. The molecule has 3 rings (SSSR count). The van der Waals surface area contributed by atoms with Crippen molar-refractivity contribution < 1.29 is 17.9 Å². The van der Waals surface area contributed by atoms with Crippen molar-refractivity contribution in [3.63, 3.8) is 0 Å². The van der Waals surface area contributed by atoms with Crippen molar-refractivity contribution in [2.45, 2.75) is 46.4 Å². The highest BCUT2D eigenvalue weighted by molar-refractivity contribution is 7.89. The summed E-state index contributed by atoms with van der Waals surface area (Å²) in [5.41, 5.74) is 1.92. The summed E-state index contributed by atoms with van der Waals surface area (Å²) in [5.74, 6) is 0.710. The molecule has 0 spiro atoms. The fourth-order valence-corrected chi connectivity index (χ4v) is 6.29. The lowest BCUT2D eigenvalue weighted by Gasteiger charge is -2.20. The van der Waals surface area contributed by atoms with E-state index in [9.17, 15) is 13.2 Å². The Kier molecular flexibility index (Phi) is 7.16. The summed E-state index contributed by atoms with van der Waals surface area (Å²) in [6.45, 7) is 12.1. The number of nitrogens with one attached hydrogen (secondary N) is 1. The average Bonchev–Trinajstić information content (AvgIpc) is 3.06. The van der Waals surface area contributed by atoms with Gasteiger partial charge in [0, 0.05) is 24.2 Å². The smallest absolute Gasteiger partial charge is 0.266 e. The average molecular weight is 477 g/mol. The van der Waals surface area contributed by atoms with Crippen LogP contribution in [0.4, 0.5) is 5.69 Å². The van der Waals surface area contributed by atoms with Crippen LogP contribution in [0, 0.1) is 20.8 Å². The van der Waals surface area contributed by atoms with Crippen LogP contribution in [-0.2, 0) is 10.0 Å². The number of hydrogen-bond acceptors (Lipinski definition) is 7. The number of fused-ring (bicyclic) bond motifs is 1. The molecule has 0 bridgehead atoms. The third kappa shape index (κ3) is 4.48. The first kappa shape index (κ1) is 24.1. The van der Waals surface area contributed by atoms with E-state index in [-0.39, 0.29) is 10.8 Å². The highest BCUT2D eigenvalue weighted by Crippen LogP contribution is 2.34. The van der Waals surface area contributed by atoms with Gasteiger partial charge in [-0.15, -0.1) is 11.3 Å². The third-order valence-electron chi connectivity index (χ3n) is 5.13. The molecule has 2 heterocycles. The van der Waals surface area contributed by atoms with E-state index in [4.69, 9.17) is 4.74 Å². The maximum absolute atomic E-state index is 13.2. The molecule has 1 N–H and O–H groups in total. The minimum atomic E-state index is -3.68. The number of anilines is 1. The Morgan fingerprint density at radius 1 is 1.12 bits per heavy atom. The minimum absolute atomic E-state index is 0.102. The first-order valence-corrected chi connectivity index (χ1v) is 12.7. The number of aryl methyl sites for hydroxylation is 3. The Balaban J connectivity index is 2.04. The summed E-state index contributed by atoms with van der Waals surface area (Å²) in [5, 5.41) is 3.72. The number of thiophene rings is 1. The molecule has 0 saturated heterocycles. The van der Waals surface area contributed by atoms with E-state index in [0.29, 0.717) is 41.8 Å². The first-order chi connectivity index (χ1) is 15.1. The van der Waals surface area contributed by atoms with Crippen LogP contribution in [-0.4, -0.2) is 48.3 Å². The number of aromatic nitrogens is 2. The van der Waals surface area contributed by atoms with Gasteiger partial charge in [-0.05, 0) is 51.5 Å². The van der Waals surface area contributed by atoms with Crippen molar-refractivity contribution in [3.05, 3.63) is 40.2 Å². The van der Waals surface area contributed by atoms with Crippen LogP contribution < -0.4 is 10.1 Å². The van der Waals surface area contributed by atoms with Crippen LogP contribution in [0.15, 0.2) is 23.1 Å². The van der Waals surface area contributed by atoms with Gasteiger partial charge in [0.2, 0.25) is 10.0 Å². The zero-order chi connectivity index (χ0) is 23.6. The van der Waals surface area contributed by atoms with Crippen molar-refractivity contribution in [2.24, 2.45) is 0 Å². The van der Waals surface area contributed by atoms with Crippen molar-refractivity contribution in [3.8, 4) is 5.75 Å². The Labute approximate surface area is 192 Å². The predicted molar refractivity (Wildman–Crippen MR) is 127 cm³/mol. The van der Waals surface area contributed by atoms with Gasteiger partial charge in [-0.2, -0.15) is 4.31 Å². The van der Waals surface area contributed by atoms with Crippen LogP contribution in [0.3, 0.4) is 0 Å². The molecule has 0 atom stereocenters. The Morgan fingerprint density at radius 3 is 2.44 bits per heavy atom. The number of amides is 1. The number of nitrogens with zero attached hydrogens (tertiary/aromatic N) is 3. The van der Waals surface area contributed by atoms with Gasteiger partial charge < -0.3 is 10.1 Å². The lowest BCUT2D eigenvalue weighted by atomic mass is 10.1. The van der Waals surface area contributed by atoms with Crippen molar-refractivity contribution in [1.29, 1.82) is 0 Å². The molecular formula is C22H28N4O4S2. The Bertz CT molecular complexity index is 1260. The highest BCUT2D eigenvalue weighted by Gasteiger charge is 2.25. The van der Waals surface area contributed by atoms with E-state index in [1.54, 1.807) is 19.9 Å². The van der Waals surface area contributed by atoms with Crippen LogP contribution >= 0.6 is 11.3 Å². The highest BCUT2D eigenvalue weighted by atomic mass is 32.2. The Hall–Kier alpha value is -2.56. The minimum Gasteiger partial charge on any atom is -0.492 e. The molecule has 2 aromatic heterocycles. The van der Waals surface area contributed by atoms with E-state index >= 15 is 0 Å². The fraction of sp³-hybridized carbons (Fsp3) is 0.409. The number of rotatable bonds is 8. The van der Waals surface area contributed by atoms with Gasteiger partial charge >= 0.3 is 0 Å². The summed E-state index contributed by atoms with van der Waals surface area (Å²) in [7, 11) is -3.68. The number of hydrogen-bond donors (Lipinski definition) is 1. The lowest BCUT2D eigenvalue weighted by molar-refractivity contribution is 0.102. The van der Waals surface area contributed by atoms with E-state index in [0.717, 1.165) is 21.5 Å². The lowest BCUT2D eigenvalue weighted by Crippen LogP contribution is -2.30. The molecule has 0 aliphatic heterocycles. The quantitative estimate of drug-likeness (QED) is 0.520. The van der Waals surface area contributed by atoms with Gasteiger partial charge in [0.1, 0.15) is 16.4 Å². The van der Waals surface area contributed by atoms with Crippen molar-refractivity contribution >= 4 is 43.2 Å². The number of ether oxygens (including phenoxy) is 1. The second-order valence-corrected chi connectivity index (χ2v) is 10.2. The summed E-state index contributed by atoms with van der Waals surface area (Å²) in [6, 6.07) is 4.53. The second kappa shape index (κ2) is 9.51. The molecule has 172 valence electrons. The summed E-state index contributed by atoms with van der Waals surface area (Å²) in [4.78, 5) is 23.4. The molecule has 1 amide bonds. The number of carbonyl (C=O) groups is 1. The standard InChI is InChI=1S/C22H28N4O4S2/c1-7-26(8-2)32(28,29)16-10-11-18(30-9-3)17(12-16)25-21(27)20-13(4)19-14(5)23-15(6)24-22(19)31-20/h10-12H,7-9H2,1-6H3,(H,25,27). The monoisotopic (exact) mass is 476 g/mol. The summed E-state index contributed by atoms with van der Waals surface area (Å²) in [6.07, 6.45) is 0. The molecule has 0 unspecified atom stereocenters. The van der Waals surface area contributed by atoms with Crippen molar-refractivity contribution in [2.75, 3.05) is 25.0 Å². The van der Waals surface area contributed by atoms with Crippen LogP contribution in [0.25, 0.3) is 10.2 Å². The van der Waals surface area contributed by atoms with Gasteiger partial charge in [0.05, 0.1) is 22.1 Å². The number of benzene rings is 1. The molecule has 3 aromatic rings. The SMILES string of the molecule is CCOc1ccc(S(=O)(=O)N(CC)CC)cc1NC(=O)c1sc2nc(C)nc(C)c2c1C. The molecule has 32 heavy (non-hydrogen) atoms. The zero-order valence-electron chi connectivity index (χ0n) is 19.1. The van der Waals surface area contributed by atoms with Gasteiger partial charge in [0.15, 0.2) is 0 Å². The molecule has 0 fully saturated rings. The second-order valence-electron chi connectivity index (χ2n) is 7.23. The molecule has 1 aromatic carbocycles. The van der Waals surface area contributed by atoms with E-state index < -0.39 is 10.0 Å². The van der Waals surface area contributed by atoms with Crippen LogP contribution in [0.5, 0.6) is 5.75 Å². The van der Waals surface area contributed by atoms with Gasteiger partial charge in [-0.25, -0.2) is 18.4 Å². The van der Waals surface area contributed by atoms with Crippen LogP contribution in [0.2, 0.25) is 0 Å².